The molecule has 0 amide bonds. The molecule has 3 rings (SSSR count). The van der Waals surface area contributed by atoms with Crippen molar-refractivity contribution in [3.63, 3.8) is 0 Å². The Bertz CT molecular complexity index is 465. The maximum atomic E-state index is 4.42. The molecule has 2 saturated carbocycles. The van der Waals surface area contributed by atoms with E-state index in [2.05, 4.69) is 43.2 Å². The molecule has 0 saturated heterocycles. The van der Waals surface area contributed by atoms with Crippen molar-refractivity contribution in [3.8, 4) is 0 Å². The second-order valence-corrected chi connectivity index (χ2v) is 6.72. The second kappa shape index (κ2) is 5.27. The number of nitrogens with one attached hydrogen (secondary N) is 1. The first-order valence-corrected chi connectivity index (χ1v) is 7.87. The molecule has 1 N–H and O–H groups in total. The fraction of sp³-hybridized carbons (Fsp3) is 0.714. The Morgan fingerprint density at radius 1 is 1.37 bits per heavy atom. The number of hydrogen-bond acceptors (Lipinski definition) is 4. The maximum absolute atomic E-state index is 4.42. The normalized spacial score (nSPS) is 28.7. The first-order chi connectivity index (χ1) is 9.19. The Kier molecular flexibility index (Phi) is 3.65. The van der Waals surface area contributed by atoms with E-state index in [0.29, 0.717) is 0 Å². The lowest BCUT2D eigenvalue weighted by Crippen LogP contribution is -2.29. The lowest BCUT2D eigenvalue weighted by molar-refractivity contribution is 0.337. The molecule has 0 aromatic carbocycles. The second-order valence-electron chi connectivity index (χ2n) is 5.93. The molecule has 3 unspecified atom stereocenters. The van der Waals surface area contributed by atoms with Crippen LogP contribution < -0.4 is 10.2 Å². The van der Waals surface area contributed by atoms with Gasteiger partial charge in [-0.15, -0.1) is 0 Å². The topological polar surface area (TPSA) is 41.1 Å². The molecule has 0 radical (unpaired) electrons. The first-order valence-electron chi connectivity index (χ1n) is 7.08. The summed E-state index contributed by atoms with van der Waals surface area (Å²) in [5.41, 5.74) is 0. The highest BCUT2D eigenvalue weighted by Gasteiger charge is 2.39. The third-order valence-corrected chi connectivity index (χ3v) is 5.49. The largest absolute Gasteiger partial charge is 0.372 e. The molecule has 1 aromatic heterocycles. The van der Waals surface area contributed by atoms with Crippen LogP contribution in [0.2, 0.25) is 0 Å². The highest BCUT2D eigenvalue weighted by molar-refractivity contribution is 9.10. The molecule has 2 bridgehead atoms. The number of aromatic nitrogens is 2. The van der Waals surface area contributed by atoms with E-state index in [9.17, 15) is 0 Å². The number of fused-ring (bicyclic) bond motifs is 2. The smallest absolute Gasteiger partial charge is 0.148 e. The van der Waals surface area contributed by atoms with Gasteiger partial charge in [-0.05, 0) is 52.9 Å². The van der Waals surface area contributed by atoms with Crippen molar-refractivity contribution in [2.45, 2.75) is 25.7 Å². The number of nitrogens with zero attached hydrogens (tertiary/aromatic N) is 3. The van der Waals surface area contributed by atoms with Gasteiger partial charge in [0, 0.05) is 20.6 Å². The zero-order chi connectivity index (χ0) is 13.4. The Labute approximate surface area is 123 Å². The lowest BCUT2D eigenvalue weighted by atomic mass is 9.88. The van der Waals surface area contributed by atoms with Gasteiger partial charge in [-0.25, -0.2) is 9.97 Å². The van der Waals surface area contributed by atoms with Crippen LogP contribution in [0.3, 0.4) is 0 Å². The summed E-state index contributed by atoms with van der Waals surface area (Å²) >= 11 is 3.60. The predicted octanol–water partition coefficient (Wildman–Crippen LogP) is 3.15. The minimum atomic E-state index is 0.851. The fourth-order valence-corrected chi connectivity index (χ4v) is 4.54. The Morgan fingerprint density at radius 2 is 2.21 bits per heavy atom. The van der Waals surface area contributed by atoms with Gasteiger partial charge in [-0.3, -0.25) is 0 Å². The summed E-state index contributed by atoms with van der Waals surface area (Å²) in [5, 5.41) is 3.09. The molecule has 0 spiro atoms. The minimum Gasteiger partial charge on any atom is -0.372 e. The van der Waals surface area contributed by atoms with Gasteiger partial charge in [-0.1, -0.05) is 6.42 Å². The molecule has 19 heavy (non-hydrogen) atoms. The number of halogens is 1. The quantitative estimate of drug-likeness (QED) is 0.923. The van der Waals surface area contributed by atoms with Crippen LogP contribution in [0, 0.1) is 17.8 Å². The fourth-order valence-electron chi connectivity index (χ4n) is 3.84. The van der Waals surface area contributed by atoms with Crippen LogP contribution in [0.15, 0.2) is 10.8 Å². The molecule has 5 heteroatoms. The van der Waals surface area contributed by atoms with Gasteiger partial charge in [0.1, 0.15) is 22.4 Å². The summed E-state index contributed by atoms with van der Waals surface area (Å²) < 4.78 is 0.961. The zero-order valence-corrected chi connectivity index (χ0v) is 13.2. The third kappa shape index (κ3) is 2.45. The van der Waals surface area contributed by atoms with Gasteiger partial charge >= 0.3 is 0 Å². The van der Waals surface area contributed by atoms with Crippen LogP contribution in [0.5, 0.6) is 0 Å². The SMILES string of the molecule is CNc1ncnc(N(C)CC2CC3CCC2C3)c1Br. The van der Waals surface area contributed by atoms with Crippen LogP contribution in [0.1, 0.15) is 25.7 Å². The van der Waals surface area contributed by atoms with E-state index in [1.54, 1.807) is 6.33 Å². The Hall–Kier alpha value is -0.840. The van der Waals surface area contributed by atoms with Gasteiger partial charge in [0.25, 0.3) is 0 Å². The highest BCUT2D eigenvalue weighted by Crippen LogP contribution is 2.48. The van der Waals surface area contributed by atoms with E-state index in [0.717, 1.165) is 40.4 Å². The summed E-state index contributed by atoms with van der Waals surface area (Å²) in [6.07, 6.45) is 7.41. The van der Waals surface area contributed by atoms with Crippen LogP contribution in [0.25, 0.3) is 0 Å². The van der Waals surface area contributed by atoms with Crippen molar-refractivity contribution in [1.29, 1.82) is 0 Å². The summed E-state index contributed by atoms with van der Waals surface area (Å²) in [6, 6.07) is 0. The highest BCUT2D eigenvalue weighted by atomic mass is 79.9. The molecule has 1 aromatic rings. The first kappa shape index (κ1) is 13.2. The van der Waals surface area contributed by atoms with Crippen molar-refractivity contribution in [2.24, 2.45) is 17.8 Å². The van der Waals surface area contributed by atoms with E-state index >= 15 is 0 Å². The standard InChI is InChI=1S/C14H21BrN4/c1-16-13-12(15)14(18-8-17-13)19(2)7-11-6-9-3-4-10(11)5-9/h8-11H,3-7H2,1-2H3,(H,16,17,18). The van der Waals surface area contributed by atoms with Crippen molar-refractivity contribution in [3.05, 3.63) is 10.8 Å². The van der Waals surface area contributed by atoms with Gasteiger partial charge in [-0.2, -0.15) is 0 Å². The molecule has 3 atom stereocenters. The van der Waals surface area contributed by atoms with Crippen molar-refractivity contribution >= 4 is 27.6 Å². The van der Waals surface area contributed by atoms with Crippen LogP contribution in [0.4, 0.5) is 11.6 Å². The molecular formula is C14H21BrN4. The number of anilines is 2. The molecule has 2 fully saturated rings. The Morgan fingerprint density at radius 3 is 2.84 bits per heavy atom. The van der Waals surface area contributed by atoms with Crippen LogP contribution in [-0.4, -0.2) is 30.6 Å². The Balaban J connectivity index is 1.72. The van der Waals surface area contributed by atoms with Crippen molar-refractivity contribution < 1.29 is 0 Å². The third-order valence-electron chi connectivity index (χ3n) is 4.76. The number of hydrogen-bond donors (Lipinski definition) is 1. The zero-order valence-electron chi connectivity index (χ0n) is 11.6. The van der Waals surface area contributed by atoms with Crippen molar-refractivity contribution in [1.82, 2.24) is 9.97 Å². The molecular weight excluding hydrogens is 304 g/mol. The molecule has 0 aliphatic heterocycles. The summed E-state index contributed by atoms with van der Waals surface area (Å²) in [6.45, 7) is 1.11. The van der Waals surface area contributed by atoms with Crippen molar-refractivity contribution in [2.75, 3.05) is 30.9 Å². The minimum absolute atomic E-state index is 0.851. The lowest BCUT2D eigenvalue weighted by Gasteiger charge is -2.28. The van der Waals surface area contributed by atoms with Crippen LogP contribution >= 0.6 is 15.9 Å². The van der Waals surface area contributed by atoms with E-state index < -0.39 is 0 Å². The van der Waals surface area contributed by atoms with Gasteiger partial charge < -0.3 is 10.2 Å². The molecule has 104 valence electrons. The molecule has 2 aliphatic carbocycles. The number of rotatable bonds is 4. The summed E-state index contributed by atoms with van der Waals surface area (Å²) in [4.78, 5) is 10.9. The monoisotopic (exact) mass is 324 g/mol. The van der Waals surface area contributed by atoms with Gasteiger partial charge in [0.05, 0.1) is 0 Å². The average molecular weight is 325 g/mol. The van der Waals surface area contributed by atoms with E-state index in [-0.39, 0.29) is 0 Å². The van der Waals surface area contributed by atoms with E-state index in [4.69, 9.17) is 0 Å². The molecule has 4 nitrogen and oxygen atoms in total. The molecule has 2 aliphatic rings. The van der Waals surface area contributed by atoms with Gasteiger partial charge in [0.15, 0.2) is 0 Å². The van der Waals surface area contributed by atoms with Gasteiger partial charge in [0.2, 0.25) is 0 Å². The van der Waals surface area contributed by atoms with E-state index in [1.807, 2.05) is 7.05 Å². The maximum Gasteiger partial charge on any atom is 0.148 e. The summed E-state index contributed by atoms with van der Waals surface area (Å²) in [5.74, 6) is 4.65. The van der Waals surface area contributed by atoms with Crippen LogP contribution in [-0.2, 0) is 0 Å². The molecule has 1 heterocycles. The predicted molar refractivity (Wildman–Crippen MR) is 81.5 cm³/mol. The summed E-state index contributed by atoms with van der Waals surface area (Å²) in [7, 11) is 4.02. The van der Waals surface area contributed by atoms with E-state index in [1.165, 1.54) is 25.7 Å². The average Bonchev–Trinajstić information content (AvgIpc) is 3.01.